The number of amides is 3. The predicted octanol–water partition coefficient (Wildman–Crippen LogP) is 4.55. The number of nitrogens with zero attached hydrogens (tertiary/aromatic N) is 1. The van der Waals surface area contributed by atoms with E-state index in [4.69, 9.17) is 14.7 Å². The van der Waals surface area contributed by atoms with Crippen molar-refractivity contribution in [1.29, 1.82) is 5.26 Å². The van der Waals surface area contributed by atoms with Crippen LogP contribution in [0.3, 0.4) is 0 Å². The molecule has 1 atom stereocenters. The van der Waals surface area contributed by atoms with Gasteiger partial charge in [-0.15, -0.1) is 0 Å². The number of carbonyl (C=O) groups excluding carboxylic acids is 2. The van der Waals surface area contributed by atoms with E-state index >= 15 is 0 Å². The van der Waals surface area contributed by atoms with E-state index in [0.717, 1.165) is 5.56 Å². The maximum absolute atomic E-state index is 12.6. The molecule has 3 amide bonds. The molecule has 1 aliphatic heterocycles. The largest absolute Gasteiger partial charge is 0.487 e. The molecule has 0 bridgehead atoms. The Bertz CT molecular complexity index is 997. The molecule has 1 heterocycles. The average molecular weight is 408 g/mol. The molecule has 0 aliphatic carbocycles. The predicted molar refractivity (Wildman–Crippen MR) is 112 cm³/mol. The zero-order valence-corrected chi connectivity index (χ0v) is 17.1. The topological polar surface area (TPSA) is 112 Å². The van der Waals surface area contributed by atoms with Crippen LogP contribution in [0.4, 0.5) is 21.0 Å². The second kappa shape index (κ2) is 8.74. The molecule has 3 rings (SSSR count). The molecule has 1 aliphatic rings. The van der Waals surface area contributed by atoms with E-state index in [2.05, 4.69) is 16.0 Å². The first-order valence-corrected chi connectivity index (χ1v) is 9.64. The Morgan fingerprint density at radius 1 is 1.20 bits per heavy atom. The summed E-state index contributed by atoms with van der Waals surface area (Å²) in [7, 11) is 0. The van der Waals surface area contributed by atoms with Gasteiger partial charge in [0, 0.05) is 23.4 Å². The van der Waals surface area contributed by atoms with Crippen LogP contribution in [0.5, 0.6) is 5.75 Å². The lowest BCUT2D eigenvalue weighted by Gasteiger charge is -2.38. The molecular formula is C22H24N4O4. The molecule has 0 radical (unpaired) electrons. The van der Waals surface area contributed by atoms with Crippen molar-refractivity contribution < 1.29 is 19.1 Å². The highest BCUT2D eigenvalue weighted by atomic mass is 16.5. The normalized spacial score (nSPS) is 16.3. The van der Waals surface area contributed by atoms with Crippen molar-refractivity contribution in [1.82, 2.24) is 5.32 Å². The fourth-order valence-corrected chi connectivity index (χ4v) is 3.34. The molecule has 0 saturated heterocycles. The van der Waals surface area contributed by atoms with Gasteiger partial charge in [-0.1, -0.05) is 6.07 Å². The highest BCUT2D eigenvalue weighted by Crippen LogP contribution is 2.40. The van der Waals surface area contributed by atoms with Gasteiger partial charge in [-0.25, -0.2) is 9.59 Å². The van der Waals surface area contributed by atoms with E-state index in [-0.39, 0.29) is 12.6 Å². The maximum atomic E-state index is 12.6. The van der Waals surface area contributed by atoms with Crippen LogP contribution >= 0.6 is 0 Å². The summed E-state index contributed by atoms with van der Waals surface area (Å²) >= 11 is 0. The summed E-state index contributed by atoms with van der Waals surface area (Å²) in [4.78, 5) is 24.3. The lowest BCUT2D eigenvalue weighted by atomic mass is 9.89. The summed E-state index contributed by atoms with van der Waals surface area (Å²) < 4.78 is 11.0. The van der Waals surface area contributed by atoms with Gasteiger partial charge in [0.2, 0.25) is 0 Å². The third-order valence-electron chi connectivity index (χ3n) is 4.54. The van der Waals surface area contributed by atoms with Crippen LogP contribution in [-0.2, 0) is 4.74 Å². The number of nitriles is 1. The SMILES string of the molecule is CCOC(=O)Nc1ccc2c(c1)C(NC(=O)Nc1cccc(C#N)c1)CC(C)(C)O2. The van der Waals surface area contributed by atoms with Gasteiger partial charge in [-0.05, 0) is 57.2 Å². The van der Waals surface area contributed by atoms with Crippen LogP contribution in [0.25, 0.3) is 0 Å². The second-order valence-corrected chi connectivity index (χ2v) is 7.51. The van der Waals surface area contributed by atoms with Crippen LogP contribution in [0.15, 0.2) is 42.5 Å². The number of nitrogens with one attached hydrogen (secondary N) is 3. The molecule has 156 valence electrons. The molecule has 3 N–H and O–H groups in total. The number of urea groups is 1. The third kappa shape index (κ3) is 5.20. The summed E-state index contributed by atoms with van der Waals surface area (Å²) in [5, 5.41) is 17.4. The Kier molecular flexibility index (Phi) is 6.11. The molecular weight excluding hydrogens is 384 g/mol. The van der Waals surface area contributed by atoms with Crippen LogP contribution in [-0.4, -0.2) is 24.3 Å². The Morgan fingerprint density at radius 2 is 1.97 bits per heavy atom. The molecule has 8 nitrogen and oxygen atoms in total. The molecule has 2 aromatic rings. The number of fused-ring (bicyclic) bond motifs is 1. The monoisotopic (exact) mass is 408 g/mol. The van der Waals surface area contributed by atoms with E-state index < -0.39 is 17.7 Å². The zero-order valence-electron chi connectivity index (χ0n) is 17.1. The van der Waals surface area contributed by atoms with Crippen molar-refractivity contribution in [2.75, 3.05) is 17.2 Å². The fraction of sp³-hybridized carbons (Fsp3) is 0.318. The Morgan fingerprint density at radius 3 is 2.70 bits per heavy atom. The Balaban J connectivity index is 1.79. The van der Waals surface area contributed by atoms with Gasteiger partial charge in [0.05, 0.1) is 24.3 Å². The van der Waals surface area contributed by atoms with Crippen LogP contribution in [0.1, 0.15) is 44.4 Å². The summed E-state index contributed by atoms with van der Waals surface area (Å²) in [6, 6.07) is 13.2. The minimum atomic E-state index is -0.547. The number of rotatable bonds is 4. The molecule has 0 spiro atoms. The molecule has 0 aromatic heterocycles. The van der Waals surface area contributed by atoms with E-state index in [1.807, 2.05) is 19.9 Å². The van der Waals surface area contributed by atoms with Crippen molar-refractivity contribution >= 4 is 23.5 Å². The first kappa shape index (κ1) is 21.0. The molecule has 2 aromatic carbocycles. The van der Waals surface area contributed by atoms with Crippen molar-refractivity contribution in [2.24, 2.45) is 0 Å². The first-order chi connectivity index (χ1) is 14.3. The van der Waals surface area contributed by atoms with Crippen LogP contribution in [0, 0.1) is 11.3 Å². The molecule has 0 fully saturated rings. The molecule has 8 heteroatoms. The first-order valence-electron chi connectivity index (χ1n) is 9.64. The van der Waals surface area contributed by atoms with E-state index in [1.165, 1.54) is 0 Å². The lowest BCUT2D eigenvalue weighted by molar-refractivity contribution is 0.0683. The zero-order chi connectivity index (χ0) is 21.7. The minimum Gasteiger partial charge on any atom is -0.487 e. The van der Waals surface area contributed by atoms with Gasteiger partial charge in [-0.2, -0.15) is 5.26 Å². The van der Waals surface area contributed by atoms with Crippen molar-refractivity contribution in [3.63, 3.8) is 0 Å². The Labute approximate surface area is 175 Å². The quantitative estimate of drug-likeness (QED) is 0.687. The minimum absolute atomic E-state index is 0.269. The van der Waals surface area contributed by atoms with Crippen molar-refractivity contribution in [3.05, 3.63) is 53.6 Å². The lowest BCUT2D eigenvalue weighted by Crippen LogP contribution is -2.42. The van der Waals surface area contributed by atoms with Crippen LogP contribution in [0.2, 0.25) is 0 Å². The van der Waals surface area contributed by atoms with E-state index in [0.29, 0.717) is 29.1 Å². The standard InChI is InChI=1S/C22H24N4O4/c1-4-29-21(28)25-16-8-9-19-17(11-16)18(12-22(2,3)30-19)26-20(27)24-15-7-5-6-14(10-15)13-23/h5-11,18H,4,12H2,1-3H3,(H,25,28)(H2,24,26,27). The second-order valence-electron chi connectivity index (χ2n) is 7.51. The third-order valence-corrected chi connectivity index (χ3v) is 4.54. The van der Waals surface area contributed by atoms with Crippen LogP contribution < -0.4 is 20.7 Å². The van der Waals surface area contributed by atoms with E-state index in [1.54, 1.807) is 49.4 Å². The van der Waals surface area contributed by atoms with Gasteiger partial charge in [0.1, 0.15) is 11.4 Å². The number of carbonyl (C=O) groups is 2. The number of hydrogen-bond acceptors (Lipinski definition) is 5. The van der Waals surface area contributed by atoms with Gasteiger partial charge in [-0.3, -0.25) is 5.32 Å². The number of benzene rings is 2. The summed E-state index contributed by atoms with van der Waals surface area (Å²) in [6.07, 6.45) is -0.0109. The highest BCUT2D eigenvalue weighted by Gasteiger charge is 2.35. The average Bonchev–Trinajstić information content (AvgIpc) is 2.68. The van der Waals surface area contributed by atoms with Gasteiger partial charge in [0.15, 0.2) is 0 Å². The number of hydrogen-bond donors (Lipinski definition) is 3. The van der Waals surface area contributed by atoms with Gasteiger partial charge in [0.25, 0.3) is 0 Å². The van der Waals surface area contributed by atoms with E-state index in [9.17, 15) is 9.59 Å². The van der Waals surface area contributed by atoms with Gasteiger partial charge < -0.3 is 20.1 Å². The van der Waals surface area contributed by atoms with Gasteiger partial charge >= 0.3 is 12.1 Å². The number of ether oxygens (including phenoxy) is 2. The summed E-state index contributed by atoms with van der Waals surface area (Å²) in [5.41, 5.74) is 1.80. The molecule has 1 unspecified atom stereocenters. The molecule has 0 saturated carbocycles. The number of anilines is 2. The summed E-state index contributed by atoms with van der Waals surface area (Å²) in [6.45, 7) is 5.89. The Hall–Kier alpha value is -3.73. The maximum Gasteiger partial charge on any atom is 0.411 e. The van der Waals surface area contributed by atoms with Crippen molar-refractivity contribution in [3.8, 4) is 11.8 Å². The fourth-order valence-electron chi connectivity index (χ4n) is 3.34. The molecule has 30 heavy (non-hydrogen) atoms. The smallest absolute Gasteiger partial charge is 0.411 e. The summed E-state index contributed by atoms with van der Waals surface area (Å²) in [5.74, 6) is 0.637. The highest BCUT2D eigenvalue weighted by molar-refractivity contribution is 5.90. The van der Waals surface area contributed by atoms with Crippen molar-refractivity contribution in [2.45, 2.75) is 38.8 Å².